The van der Waals surface area contributed by atoms with Crippen LogP contribution >= 0.6 is 0 Å². The first-order chi connectivity index (χ1) is 13.4. The molecule has 2 atom stereocenters. The molecule has 0 aliphatic rings. The van der Waals surface area contributed by atoms with Crippen LogP contribution in [0.3, 0.4) is 0 Å². The van der Waals surface area contributed by atoms with Crippen molar-refractivity contribution in [1.29, 1.82) is 0 Å². The summed E-state index contributed by atoms with van der Waals surface area (Å²) < 4.78 is 5.55. The lowest BCUT2D eigenvalue weighted by Crippen LogP contribution is -2.42. The molecule has 3 N–H and O–H groups in total. The summed E-state index contributed by atoms with van der Waals surface area (Å²) in [7, 11) is 5.85. The van der Waals surface area contributed by atoms with Gasteiger partial charge in [-0.1, -0.05) is 32.0 Å². The molecule has 0 bridgehead atoms. The lowest BCUT2D eigenvalue weighted by Gasteiger charge is -2.27. The number of guanidine groups is 1. The molecule has 0 aliphatic carbocycles. The molecule has 1 aromatic rings. The van der Waals surface area contributed by atoms with E-state index >= 15 is 0 Å². The minimum atomic E-state index is 0.156. The molecule has 1 rings (SSSR count). The Morgan fingerprint density at radius 3 is 2.50 bits per heavy atom. The highest BCUT2D eigenvalue weighted by Crippen LogP contribution is 2.27. The fraction of sp³-hybridized carbons (Fsp3) is 0.682. The average molecular weight is 393 g/mol. The van der Waals surface area contributed by atoms with Gasteiger partial charge in [0.15, 0.2) is 5.96 Å². The number of ether oxygens (including phenoxy) is 1. The third-order valence-electron chi connectivity index (χ3n) is 4.78. The van der Waals surface area contributed by atoms with Crippen molar-refractivity contribution in [2.24, 2.45) is 16.8 Å². The van der Waals surface area contributed by atoms with Gasteiger partial charge in [-0.25, -0.2) is 0 Å². The Labute approximate surface area is 171 Å². The zero-order valence-electron chi connectivity index (χ0n) is 18.5. The van der Waals surface area contributed by atoms with Crippen molar-refractivity contribution in [3.8, 4) is 5.75 Å². The fourth-order valence-corrected chi connectivity index (χ4v) is 3.40. The second-order valence-corrected chi connectivity index (χ2v) is 7.83. The van der Waals surface area contributed by atoms with Gasteiger partial charge in [-0.2, -0.15) is 0 Å². The summed E-state index contributed by atoms with van der Waals surface area (Å²) in [4.78, 5) is 6.97. The largest absolute Gasteiger partial charge is 0.496 e. The normalized spacial score (nSPS) is 14.2. The Balaban J connectivity index is 2.85. The van der Waals surface area contributed by atoms with Gasteiger partial charge in [-0.05, 0) is 51.8 Å². The molecule has 0 radical (unpaired) electrons. The maximum absolute atomic E-state index is 9.33. The number of para-hydroxylation sites is 1. The molecule has 0 heterocycles. The number of rotatable bonds is 12. The molecule has 0 aliphatic heterocycles. The Hall–Kier alpha value is -1.79. The number of likely N-dealkylation sites (N-methyl/N-ethyl adjacent to an activating group) is 1. The van der Waals surface area contributed by atoms with E-state index < -0.39 is 0 Å². The van der Waals surface area contributed by atoms with E-state index in [0.717, 1.165) is 43.2 Å². The molecule has 0 fully saturated rings. The van der Waals surface area contributed by atoms with Crippen LogP contribution in [0.4, 0.5) is 0 Å². The molecule has 1 aromatic carbocycles. The van der Waals surface area contributed by atoms with Crippen LogP contribution in [-0.4, -0.2) is 63.4 Å². The van der Waals surface area contributed by atoms with Crippen LogP contribution in [0.5, 0.6) is 5.75 Å². The van der Waals surface area contributed by atoms with Crippen molar-refractivity contribution >= 4 is 5.96 Å². The van der Waals surface area contributed by atoms with Gasteiger partial charge < -0.3 is 25.4 Å². The van der Waals surface area contributed by atoms with E-state index in [1.807, 2.05) is 18.2 Å². The van der Waals surface area contributed by atoms with Crippen molar-refractivity contribution in [2.45, 2.75) is 39.7 Å². The SMILES string of the molecule is CCNC(=NCC(CCO)CC(C)C)NCC(c1ccccc1OC)N(C)C. The fourth-order valence-electron chi connectivity index (χ4n) is 3.40. The van der Waals surface area contributed by atoms with E-state index in [0.29, 0.717) is 18.4 Å². The summed E-state index contributed by atoms with van der Waals surface area (Å²) in [5.74, 6) is 2.71. The van der Waals surface area contributed by atoms with Crippen molar-refractivity contribution in [1.82, 2.24) is 15.5 Å². The summed E-state index contributed by atoms with van der Waals surface area (Å²) in [6.07, 6.45) is 1.87. The zero-order chi connectivity index (χ0) is 20.9. The third-order valence-corrected chi connectivity index (χ3v) is 4.78. The molecular weight excluding hydrogens is 352 g/mol. The van der Waals surface area contributed by atoms with Gasteiger partial charge in [0.25, 0.3) is 0 Å². The highest BCUT2D eigenvalue weighted by atomic mass is 16.5. The average Bonchev–Trinajstić information content (AvgIpc) is 2.65. The van der Waals surface area contributed by atoms with Crippen LogP contribution in [0.15, 0.2) is 29.3 Å². The molecule has 0 amide bonds. The number of nitrogens with one attached hydrogen (secondary N) is 2. The third kappa shape index (κ3) is 8.48. The van der Waals surface area contributed by atoms with E-state index in [4.69, 9.17) is 9.73 Å². The lowest BCUT2D eigenvalue weighted by atomic mass is 9.94. The van der Waals surface area contributed by atoms with Gasteiger partial charge >= 0.3 is 0 Å². The first-order valence-electron chi connectivity index (χ1n) is 10.3. The van der Waals surface area contributed by atoms with Crippen LogP contribution in [0, 0.1) is 11.8 Å². The van der Waals surface area contributed by atoms with E-state index in [1.54, 1.807) is 7.11 Å². The van der Waals surface area contributed by atoms with Crippen LogP contribution in [0.2, 0.25) is 0 Å². The smallest absolute Gasteiger partial charge is 0.191 e. The zero-order valence-corrected chi connectivity index (χ0v) is 18.5. The van der Waals surface area contributed by atoms with Crippen LogP contribution in [0.1, 0.15) is 45.2 Å². The number of aliphatic imine (C=N–C) groups is 1. The number of hydrogen-bond acceptors (Lipinski definition) is 4. The quantitative estimate of drug-likeness (QED) is 0.377. The minimum absolute atomic E-state index is 0.156. The standard InChI is InChI=1S/C22H40N4O2/c1-7-23-22(24-15-18(12-13-27)14-17(2)3)25-16-20(26(4)5)19-10-8-9-11-21(19)28-6/h8-11,17-18,20,27H,7,12-16H2,1-6H3,(H2,23,24,25). The van der Waals surface area contributed by atoms with Gasteiger partial charge in [0.1, 0.15) is 5.75 Å². The summed E-state index contributed by atoms with van der Waals surface area (Å²) in [5.41, 5.74) is 1.15. The number of aliphatic hydroxyl groups is 1. The molecule has 6 nitrogen and oxygen atoms in total. The molecule has 0 aromatic heterocycles. The maximum Gasteiger partial charge on any atom is 0.191 e. The maximum atomic E-state index is 9.33. The van der Waals surface area contributed by atoms with Crippen molar-refractivity contribution < 1.29 is 9.84 Å². The Morgan fingerprint density at radius 2 is 1.93 bits per heavy atom. The molecule has 6 heteroatoms. The van der Waals surface area contributed by atoms with Crippen molar-refractivity contribution in [3.63, 3.8) is 0 Å². The molecule has 0 saturated carbocycles. The number of methoxy groups -OCH3 is 1. The van der Waals surface area contributed by atoms with E-state index in [9.17, 15) is 5.11 Å². The molecule has 0 saturated heterocycles. The second kappa shape index (κ2) is 13.4. The number of nitrogens with zero attached hydrogens (tertiary/aromatic N) is 2. The monoisotopic (exact) mass is 392 g/mol. The van der Waals surface area contributed by atoms with Crippen LogP contribution < -0.4 is 15.4 Å². The van der Waals surface area contributed by atoms with Gasteiger partial charge in [0, 0.05) is 31.8 Å². The van der Waals surface area contributed by atoms with E-state index in [2.05, 4.69) is 56.5 Å². The van der Waals surface area contributed by atoms with Gasteiger partial charge in [0.05, 0.1) is 13.2 Å². The van der Waals surface area contributed by atoms with Gasteiger partial charge in [0.2, 0.25) is 0 Å². The predicted molar refractivity (Wildman–Crippen MR) is 118 cm³/mol. The molecule has 28 heavy (non-hydrogen) atoms. The molecule has 160 valence electrons. The highest BCUT2D eigenvalue weighted by molar-refractivity contribution is 5.79. The first kappa shape index (κ1) is 24.2. The Morgan fingerprint density at radius 1 is 1.21 bits per heavy atom. The molecule has 0 spiro atoms. The number of benzene rings is 1. The summed E-state index contributed by atoms with van der Waals surface area (Å²) in [6, 6.07) is 8.29. The predicted octanol–water partition coefficient (Wildman–Crippen LogP) is 2.90. The summed E-state index contributed by atoms with van der Waals surface area (Å²) in [6.45, 7) is 8.96. The Kier molecular flexibility index (Phi) is 11.6. The minimum Gasteiger partial charge on any atom is -0.496 e. The van der Waals surface area contributed by atoms with Crippen molar-refractivity contribution in [2.75, 3.05) is 47.4 Å². The van der Waals surface area contributed by atoms with Gasteiger partial charge in [-0.3, -0.25) is 4.99 Å². The molecular formula is C22H40N4O2. The first-order valence-corrected chi connectivity index (χ1v) is 10.3. The van der Waals surface area contributed by atoms with Crippen molar-refractivity contribution in [3.05, 3.63) is 29.8 Å². The van der Waals surface area contributed by atoms with E-state index in [-0.39, 0.29) is 12.6 Å². The second-order valence-electron chi connectivity index (χ2n) is 7.83. The lowest BCUT2D eigenvalue weighted by molar-refractivity contribution is 0.245. The topological polar surface area (TPSA) is 69.1 Å². The van der Waals surface area contributed by atoms with Crippen LogP contribution in [-0.2, 0) is 0 Å². The molecule has 2 unspecified atom stereocenters. The number of aliphatic hydroxyl groups excluding tert-OH is 1. The van der Waals surface area contributed by atoms with E-state index in [1.165, 1.54) is 0 Å². The summed E-state index contributed by atoms with van der Waals surface area (Å²) in [5, 5.41) is 16.1. The van der Waals surface area contributed by atoms with Gasteiger partial charge in [-0.15, -0.1) is 0 Å². The highest BCUT2D eigenvalue weighted by Gasteiger charge is 2.18. The Bertz CT molecular complexity index is 575. The van der Waals surface area contributed by atoms with Crippen LogP contribution in [0.25, 0.3) is 0 Å². The number of hydrogen-bond donors (Lipinski definition) is 3. The summed E-state index contributed by atoms with van der Waals surface area (Å²) >= 11 is 0.